The number of nitrogens with one attached hydrogen (secondary N) is 1. The number of amides is 1. The quantitative estimate of drug-likeness (QED) is 0.468. The molecule has 35 heavy (non-hydrogen) atoms. The van der Waals surface area contributed by atoms with Gasteiger partial charge in [-0.2, -0.15) is 13.2 Å². The second kappa shape index (κ2) is 9.86. The molecule has 2 atom stereocenters. The van der Waals surface area contributed by atoms with Gasteiger partial charge in [0.05, 0.1) is 11.8 Å². The lowest BCUT2D eigenvalue weighted by atomic mass is 10.1. The molecule has 0 bridgehead atoms. The number of ether oxygens (including phenoxy) is 1. The molecule has 0 fully saturated rings. The van der Waals surface area contributed by atoms with Crippen LogP contribution in [0.15, 0.2) is 54.6 Å². The van der Waals surface area contributed by atoms with Crippen LogP contribution in [0, 0.1) is 5.82 Å². The van der Waals surface area contributed by atoms with Gasteiger partial charge in [0, 0.05) is 11.1 Å². The third-order valence-corrected chi connectivity index (χ3v) is 4.55. The molecule has 0 aliphatic carbocycles. The predicted octanol–water partition coefficient (Wildman–Crippen LogP) is 4.89. The third kappa shape index (κ3) is 6.88. The first-order valence-corrected chi connectivity index (χ1v) is 9.80. The van der Waals surface area contributed by atoms with E-state index in [9.17, 15) is 40.6 Å². The van der Waals surface area contributed by atoms with E-state index >= 15 is 0 Å². The smallest absolute Gasteiger partial charge is 0.406 e. The number of aliphatic hydroxyl groups excluding tert-OH is 1. The summed E-state index contributed by atoms with van der Waals surface area (Å²) >= 11 is 0. The maximum Gasteiger partial charge on any atom is 0.573 e. The van der Waals surface area contributed by atoms with Crippen molar-refractivity contribution in [1.82, 2.24) is 15.3 Å². The van der Waals surface area contributed by atoms with Gasteiger partial charge in [-0.15, -0.1) is 13.2 Å². The largest absolute Gasteiger partial charge is 0.573 e. The Morgan fingerprint density at radius 2 is 1.63 bits per heavy atom. The monoisotopic (exact) mass is 503 g/mol. The molecule has 3 aromatic rings. The molecule has 6 nitrogen and oxygen atoms in total. The van der Waals surface area contributed by atoms with Crippen LogP contribution in [0.2, 0.25) is 0 Å². The van der Waals surface area contributed by atoms with E-state index in [0.29, 0.717) is 0 Å². The van der Waals surface area contributed by atoms with Gasteiger partial charge in [-0.05, 0) is 49.4 Å². The molecule has 1 amide bonds. The van der Waals surface area contributed by atoms with Crippen LogP contribution < -0.4 is 10.1 Å². The minimum absolute atomic E-state index is 0.0522. The van der Waals surface area contributed by atoms with E-state index in [-0.39, 0.29) is 22.6 Å². The molecule has 1 aromatic heterocycles. The molecular weight excluding hydrogens is 487 g/mol. The van der Waals surface area contributed by atoms with Gasteiger partial charge >= 0.3 is 12.5 Å². The van der Waals surface area contributed by atoms with Crippen molar-refractivity contribution in [2.24, 2.45) is 0 Å². The van der Waals surface area contributed by atoms with Crippen molar-refractivity contribution in [3.8, 4) is 28.4 Å². The van der Waals surface area contributed by atoms with Crippen LogP contribution in [0.3, 0.4) is 0 Å². The molecule has 0 aliphatic heterocycles. The number of carbonyl (C=O) groups is 1. The Kier molecular flexibility index (Phi) is 7.29. The first kappa shape index (κ1) is 25.9. The Labute approximate surface area is 193 Å². The average Bonchev–Trinajstić information content (AvgIpc) is 2.75. The van der Waals surface area contributed by atoms with Crippen molar-refractivity contribution in [3.63, 3.8) is 0 Å². The van der Waals surface area contributed by atoms with Gasteiger partial charge in [-0.25, -0.2) is 14.4 Å². The number of alkyl halides is 6. The lowest BCUT2D eigenvalue weighted by molar-refractivity contribution is -0.274. The van der Waals surface area contributed by atoms with Crippen LogP contribution in [0.4, 0.5) is 30.7 Å². The number of benzene rings is 2. The van der Waals surface area contributed by atoms with Crippen LogP contribution in [-0.2, 0) is 0 Å². The van der Waals surface area contributed by atoms with Crippen molar-refractivity contribution in [2.75, 3.05) is 0 Å². The van der Waals surface area contributed by atoms with E-state index in [4.69, 9.17) is 0 Å². The number of halogens is 7. The minimum atomic E-state index is -4.97. The van der Waals surface area contributed by atoms with E-state index < -0.39 is 47.9 Å². The zero-order chi connectivity index (χ0) is 26.0. The number of aliphatic hydroxyl groups is 1. The number of hydrogen-bond donors (Lipinski definition) is 2. The normalized spacial score (nSPS) is 13.7. The number of hydrogen-bond acceptors (Lipinski definition) is 5. The molecule has 186 valence electrons. The number of rotatable bonds is 6. The van der Waals surface area contributed by atoms with Gasteiger partial charge in [0.1, 0.15) is 17.3 Å². The summed E-state index contributed by atoms with van der Waals surface area (Å²) < 4.78 is 94.3. The maximum atomic E-state index is 13.7. The molecule has 2 aromatic carbocycles. The minimum Gasteiger partial charge on any atom is -0.406 e. The second-order valence-electron chi connectivity index (χ2n) is 7.28. The highest BCUT2D eigenvalue weighted by Crippen LogP contribution is 2.28. The number of nitrogens with zero attached hydrogens (tertiary/aromatic N) is 2. The lowest BCUT2D eigenvalue weighted by Crippen LogP contribution is -2.51. The van der Waals surface area contributed by atoms with E-state index in [1.165, 1.54) is 24.3 Å². The van der Waals surface area contributed by atoms with E-state index in [1.807, 2.05) is 0 Å². The molecule has 0 saturated heterocycles. The Morgan fingerprint density at radius 3 is 2.17 bits per heavy atom. The van der Waals surface area contributed by atoms with Crippen LogP contribution >= 0.6 is 0 Å². The summed E-state index contributed by atoms with van der Waals surface area (Å²) in [7, 11) is 0. The van der Waals surface area contributed by atoms with Crippen LogP contribution in [0.5, 0.6) is 5.75 Å². The van der Waals surface area contributed by atoms with Crippen LogP contribution in [0.1, 0.15) is 17.4 Å². The number of aromatic nitrogens is 2. The Balaban J connectivity index is 2.05. The fourth-order valence-corrected chi connectivity index (χ4v) is 2.99. The highest BCUT2D eigenvalue weighted by atomic mass is 19.4. The van der Waals surface area contributed by atoms with E-state index in [1.54, 1.807) is 5.32 Å². The lowest BCUT2D eigenvalue weighted by Gasteiger charge is -2.23. The fraction of sp³-hybridized carbons (Fsp3) is 0.227. The molecule has 2 N–H and O–H groups in total. The average molecular weight is 503 g/mol. The van der Waals surface area contributed by atoms with Gasteiger partial charge < -0.3 is 15.2 Å². The third-order valence-electron chi connectivity index (χ3n) is 4.55. The zero-order valence-electron chi connectivity index (χ0n) is 17.7. The van der Waals surface area contributed by atoms with Gasteiger partial charge in [0.15, 0.2) is 11.9 Å². The molecule has 0 saturated carbocycles. The molecule has 0 aliphatic rings. The molecule has 2 unspecified atom stereocenters. The molecule has 13 heteroatoms. The van der Waals surface area contributed by atoms with Gasteiger partial charge in [-0.1, -0.05) is 12.1 Å². The highest BCUT2D eigenvalue weighted by Gasteiger charge is 2.44. The zero-order valence-corrected chi connectivity index (χ0v) is 17.7. The fourth-order valence-electron chi connectivity index (χ4n) is 2.99. The van der Waals surface area contributed by atoms with Crippen molar-refractivity contribution in [3.05, 3.63) is 66.1 Å². The summed E-state index contributed by atoms with van der Waals surface area (Å²) in [4.78, 5) is 20.7. The van der Waals surface area contributed by atoms with Gasteiger partial charge in [0.2, 0.25) is 0 Å². The summed E-state index contributed by atoms with van der Waals surface area (Å²) in [5.41, 5.74) is -0.360. The number of carbonyl (C=O) groups excluding carboxylic acids is 1. The first-order chi connectivity index (χ1) is 16.2. The van der Waals surface area contributed by atoms with Crippen molar-refractivity contribution < 1.29 is 45.4 Å². The molecule has 0 spiro atoms. The highest BCUT2D eigenvalue weighted by molar-refractivity contribution is 5.94. The maximum absolute atomic E-state index is 13.7. The standard InChI is InChI=1S/C22H16F7N3O3/c1-11(33)18(21(24,25)26)32-20(34)17-10-16(12-5-7-15(8-6-12)35-22(27,28)29)30-19(31-17)13-3-2-4-14(23)9-13/h2-11,18,33H,1H3,(H,32,34). The molecular formula is C22H16F7N3O3. The first-order valence-electron chi connectivity index (χ1n) is 9.80. The van der Waals surface area contributed by atoms with Crippen LogP contribution in [-0.4, -0.2) is 45.7 Å². The summed E-state index contributed by atoms with van der Waals surface area (Å²) in [5.74, 6) is -2.76. The molecule has 3 rings (SSSR count). The molecule has 1 heterocycles. The van der Waals surface area contributed by atoms with Gasteiger partial charge in [0.25, 0.3) is 5.91 Å². The summed E-state index contributed by atoms with van der Waals surface area (Å²) in [6.07, 6.45) is -11.9. The molecule has 0 radical (unpaired) electrons. The Morgan fingerprint density at radius 1 is 0.971 bits per heavy atom. The Bertz CT molecular complexity index is 1200. The Hall–Kier alpha value is -3.74. The van der Waals surface area contributed by atoms with E-state index in [0.717, 1.165) is 37.3 Å². The predicted molar refractivity (Wildman–Crippen MR) is 109 cm³/mol. The SMILES string of the molecule is CC(O)C(NC(=O)c1cc(-c2ccc(OC(F)(F)F)cc2)nc(-c2cccc(F)c2)n1)C(F)(F)F. The topological polar surface area (TPSA) is 84.3 Å². The second-order valence-corrected chi connectivity index (χ2v) is 7.28. The van der Waals surface area contributed by atoms with E-state index in [2.05, 4.69) is 14.7 Å². The van der Waals surface area contributed by atoms with Crippen LogP contribution in [0.25, 0.3) is 22.6 Å². The summed E-state index contributed by atoms with van der Waals surface area (Å²) in [6, 6.07) is 7.54. The summed E-state index contributed by atoms with van der Waals surface area (Å²) in [5, 5.41) is 11.1. The summed E-state index contributed by atoms with van der Waals surface area (Å²) in [6.45, 7) is 0.840. The van der Waals surface area contributed by atoms with Crippen molar-refractivity contribution in [1.29, 1.82) is 0 Å². The van der Waals surface area contributed by atoms with Crippen molar-refractivity contribution in [2.45, 2.75) is 31.6 Å². The van der Waals surface area contributed by atoms with Gasteiger partial charge in [-0.3, -0.25) is 4.79 Å². The van der Waals surface area contributed by atoms with Crippen molar-refractivity contribution >= 4 is 5.91 Å².